The van der Waals surface area contributed by atoms with Crippen LogP contribution in [0.15, 0.2) is 30.7 Å². The van der Waals surface area contributed by atoms with E-state index in [2.05, 4.69) is 25.0 Å². The summed E-state index contributed by atoms with van der Waals surface area (Å²) >= 11 is 0. The van der Waals surface area contributed by atoms with Gasteiger partial charge in [0.25, 0.3) is 10.0 Å². The van der Waals surface area contributed by atoms with E-state index in [0.29, 0.717) is 42.4 Å². The number of hydrogen-bond acceptors (Lipinski definition) is 8. The summed E-state index contributed by atoms with van der Waals surface area (Å²) < 4.78 is 31.0. The van der Waals surface area contributed by atoms with Crippen molar-refractivity contribution in [3.05, 3.63) is 30.7 Å². The van der Waals surface area contributed by atoms with E-state index < -0.39 is 10.0 Å². The molecule has 0 radical (unpaired) electrons. The molecule has 1 aliphatic heterocycles. The predicted molar refractivity (Wildman–Crippen MR) is 108 cm³/mol. The van der Waals surface area contributed by atoms with Crippen molar-refractivity contribution in [2.45, 2.75) is 13.0 Å². The first-order valence-corrected chi connectivity index (χ1v) is 11.0. The Kier molecular flexibility index (Phi) is 4.03. The molecule has 5 rings (SSSR count). The van der Waals surface area contributed by atoms with Gasteiger partial charge in [0.05, 0.1) is 37.1 Å². The third-order valence-corrected chi connectivity index (χ3v) is 5.93. The lowest BCUT2D eigenvalue weighted by Crippen LogP contribution is -2.44. The fourth-order valence-corrected chi connectivity index (χ4v) is 4.32. The summed E-state index contributed by atoms with van der Waals surface area (Å²) in [5.41, 5.74) is 1.73. The Balaban J connectivity index is 1.82. The molecule has 1 aliphatic rings. The van der Waals surface area contributed by atoms with Gasteiger partial charge in [-0.1, -0.05) is 0 Å². The summed E-state index contributed by atoms with van der Waals surface area (Å²) in [6.45, 7) is 3.83. The molecule has 4 aromatic rings. The lowest BCUT2D eigenvalue weighted by atomic mass is 10.1. The summed E-state index contributed by atoms with van der Waals surface area (Å²) in [5.74, 6) is 1.07. The maximum Gasteiger partial charge on any atom is 0.252 e. The van der Waals surface area contributed by atoms with Crippen molar-refractivity contribution in [3.63, 3.8) is 0 Å². The molecule has 29 heavy (non-hydrogen) atoms. The van der Waals surface area contributed by atoms with Gasteiger partial charge in [-0.15, -0.1) is 4.09 Å². The van der Waals surface area contributed by atoms with Gasteiger partial charge >= 0.3 is 0 Å². The fraction of sp³-hybridized carbons (Fsp3) is 0.333. The Morgan fingerprint density at radius 2 is 2.10 bits per heavy atom. The molecule has 1 atom stereocenters. The minimum atomic E-state index is -3.62. The second kappa shape index (κ2) is 6.49. The molecule has 5 heterocycles. The summed E-state index contributed by atoms with van der Waals surface area (Å²) in [7, 11) is -3.62. The van der Waals surface area contributed by atoms with Crippen LogP contribution in [0.5, 0.6) is 0 Å². The van der Waals surface area contributed by atoms with Gasteiger partial charge in [-0.25, -0.2) is 23.4 Å². The van der Waals surface area contributed by atoms with Crippen LogP contribution < -0.4 is 4.90 Å². The van der Waals surface area contributed by atoms with E-state index in [9.17, 15) is 8.42 Å². The largest absolute Gasteiger partial charge is 0.377 e. The molecule has 0 bridgehead atoms. The molecule has 0 spiro atoms. The van der Waals surface area contributed by atoms with Gasteiger partial charge in [0.1, 0.15) is 11.5 Å². The average molecular weight is 413 g/mol. The number of hydrogen-bond donors (Lipinski definition) is 1. The van der Waals surface area contributed by atoms with E-state index in [1.165, 1.54) is 6.20 Å². The highest BCUT2D eigenvalue weighted by atomic mass is 32.2. The van der Waals surface area contributed by atoms with Crippen LogP contribution in [0.2, 0.25) is 0 Å². The van der Waals surface area contributed by atoms with Gasteiger partial charge in [-0.05, 0) is 19.1 Å². The van der Waals surface area contributed by atoms with E-state index in [-0.39, 0.29) is 11.7 Å². The number of H-pyrrole nitrogens is 1. The van der Waals surface area contributed by atoms with E-state index >= 15 is 0 Å². The maximum atomic E-state index is 12.3. The average Bonchev–Trinajstić information content (AvgIpc) is 3.34. The lowest BCUT2D eigenvalue weighted by molar-refractivity contribution is 0.0987. The number of fused-ring (bicyclic) bond motifs is 2. The minimum Gasteiger partial charge on any atom is -0.377 e. The number of anilines is 1. The van der Waals surface area contributed by atoms with Crippen LogP contribution >= 0.6 is 0 Å². The Hall–Kier alpha value is -3.05. The third-order valence-electron chi connectivity index (χ3n) is 5.03. The summed E-state index contributed by atoms with van der Waals surface area (Å²) in [6.07, 6.45) is 6.09. The molecule has 1 N–H and O–H groups in total. The Morgan fingerprint density at radius 3 is 2.90 bits per heavy atom. The number of nitrogens with one attached hydrogen (secondary N) is 1. The fourth-order valence-electron chi connectivity index (χ4n) is 3.65. The van der Waals surface area contributed by atoms with Gasteiger partial charge in [-0.3, -0.25) is 0 Å². The zero-order valence-corrected chi connectivity index (χ0v) is 16.7. The highest BCUT2D eigenvalue weighted by molar-refractivity contribution is 7.89. The molecule has 1 unspecified atom stereocenters. The number of pyridine rings is 1. The number of aromatic amines is 1. The summed E-state index contributed by atoms with van der Waals surface area (Å²) in [5, 5.41) is 5.53. The van der Waals surface area contributed by atoms with Gasteiger partial charge in [0, 0.05) is 29.9 Å². The van der Waals surface area contributed by atoms with Crippen molar-refractivity contribution in [1.29, 1.82) is 0 Å². The van der Waals surface area contributed by atoms with Gasteiger partial charge in [-0.2, -0.15) is 5.10 Å². The number of morpholine rings is 1. The number of rotatable bonds is 3. The molecule has 1 fully saturated rings. The smallest absolute Gasteiger partial charge is 0.252 e. The van der Waals surface area contributed by atoms with Crippen molar-refractivity contribution in [1.82, 2.24) is 29.1 Å². The van der Waals surface area contributed by atoms with Gasteiger partial charge in [0.15, 0.2) is 11.5 Å². The molecule has 11 heteroatoms. The molecule has 10 nitrogen and oxygen atoms in total. The Labute approximate surface area is 166 Å². The molecular formula is C18H19N7O3S. The summed E-state index contributed by atoms with van der Waals surface area (Å²) in [4.78, 5) is 18.9. The van der Waals surface area contributed by atoms with Crippen LogP contribution in [0.1, 0.15) is 6.92 Å². The van der Waals surface area contributed by atoms with E-state index in [4.69, 9.17) is 9.72 Å². The molecule has 0 aliphatic carbocycles. The number of nitrogens with zero attached hydrogens (tertiary/aromatic N) is 6. The number of ether oxygens (including phenoxy) is 1. The molecular weight excluding hydrogens is 394 g/mol. The molecule has 1 saturated heterocycles. The van der Waals surface area contributed by atoms with Crippen LogP contribution in [-0.2, 0) is 14.8 Å². The second-order valence-corrected chi connectivity index (χ2v) is 8.89. The van der Waals surface area contributed by atoms with Crippen molar-refractivity contribution < 1.29 is 13.2 Å². The van der Waals surface area contributed by atoms with Crippen molar-refractivity contribution >= 4 is 37.9 Å². The van der Waals surface area contributed by atoms with E-state index in [1.54, 1.807) is 12.4 Å². The predicted octanol–water partition coefficient (Wildman–Crippen LogP) is 1.40. The first-order valence-electron chi connectivity index (χ1n) is 9.16. The normalized spacial score (nSPS) is 18.0. The first-order chi connectivity index (χ1) is 13.9. The zero-order chi connectivity index (χ0) is 20.2. The topological polar surface area (TPSA) is 119 Å². The van der Waals surface area contributed by atoms with Gasteiger partial charge < -0.3 is 14.6 Å². The monoisotopic (exact) mass is 413 g/mol. The van der Waals surface area contributed by atoms with Crippen LogP contribution in [0.4, 0.5) is 5.82 Å². The highest BCUT2D eigenvalue weighted by Gasteiger charge is 2.26. The summed E-state index contributed by atoms with van der Waals surface area (Å²) in [6, 6.07) is 3.81. The molecule has 0 saturated carbocycles. The van der Waals surface area contributed by atoms with Crippen LogP contribution in [0.3, 0.4) is 0 Å². The van der Waals surface area contributed by atoms with Crippen LogP contribution in [-0.4, -0.2) is 69.6 Å². The van der Waals surface area contributed by atoms with Crippen molar-refractivity contribution in [3.8, 4) is 11.4 Å². The maximum absolute atomic E-state index is 12.3. The Bertz CT molecular complexity index is 1330. The highest BCUT2D eigenvalue weighted by Crippen LogP contribution is 2.32. The van der Waals surface area contributed by atoms with Crippen LogP contribution in [0.25, 0.3) is 33.5 Å². The second-order valence-electron chi connectivity index (χ2n) is 7.07. The molecule has 0 aromatic carbocycles. The Morgan fingerprint density at radius 1 is 1.24 bits per heavy atom. The van der Waals surface area contributed by atoms with E-state index in [0.717, 1.165) is 21.3 Å². The van der Waals surface area contributed by atoms with Crippen LogP contribution in [0, 0.1) is 0 Å². The number of aromatic nitrogens is 6. The third kappa shape index (κ3) is 2.93. The first kappa shape index (κ1) is 18.0. The quantitative estimate of drug-likeness (QED) is 0.535. The zero-order valence-electron chi connectivity index (χ0n) is 15.9. The molecule has 150 valence electrons. The van der Waals surface area contributed by atoms with Gasteiger partial charge in [0.2, 0.25) is 0 Å². The molecule has 0 amide bonds. The molecule has 4 aromatic heterocycles. The SMILES string of the molecule is CC1COCCN1c1nc(-c2ccnc3[nH]ccc23)nc2c1cnn2S(C)(=O)=O. The van der Waals surface area contributed by atoms with Crippen molar-refractivity contribution in [2.24, 2.45) is 0 Å². The minimum absolute atomic E-state index is 0.0843. The standard InChI is InChI=1S/C18H19N7O3S/c1-11-10-28-8-7-24(11)17-14-9-21-25(29(2,26)27)18(14)23-16(22-17)13-4-6-20-15-12(13)3-5-19-15/h3-6,9,11H,7-8,10H2,1-2H3,(H,19,20). The van der Waals surface area contributed by atoms with E-state index in [1.807, 2.05) is 19.1 Å². The van der Waals surface area contributed by atoms with Crippen molar-refractivity contribution in [2.75, 3.05) is 30.9 Å². The lowest BCUT2D eigenvalue weighted by Gasteiger charge is -2.34.